The zero-order valence-corrected chi connectivity index (χ0v) is 18.8. The molecule has 0 aliphatic heterocycles. The SMILES string of the molecule is CCc1ccc(OCc2nnc(SCC(=O)Nc3cc(C)cc(C)c3)n2CC)cc1. The zero-order valence-electron chi connectivity index (χ0n) is 17.9. The van der Waals surface area contributed by atoms with Crippen molar-refractivity contribution in [3.8, 4) is 5.75 Å². The Morgan fingerprint density at radius 2 is 1.77 bits per heavy atom. The van der Waals surface area contributed by atoms with E-state index in [0.29, 0.717) is 18.3 Å². The molecule has 0 unspecified atom stereocenters. The van der Waals surface area contributed by atoms with Crippen molar-refractivity contribution in [2.75, 3.05) is 11.1 Å². The van der Waals surface area contributed by atoms with Crippen LogP contribution in [0.15, 0.2) is 47.6 Å². The summed E-state index contributed by atoms with van der Waals surface area (Å²) in [6.45, 7) is 9.23. The monoisotopic (exact) mass is 424 g/mol. The van der Waals surface area contributed by atoms with E-state index in [4.69, 9.17) is 4.74 Å². The minimum atomic E-state index is -0.0653. The molecular formula is C23H28N4O2S. The lowest BCUT2D eigenvalue weighted by Gasteiger charge is -2.10. The first-order valence-electron chi connectivity index (χ1n) is 10.1. The molecule has 0 saturated carbocycles. The number of ether oxygens (including phenoxy) is 1. The Hall–Kier alpha value is -2.80. The van der Waals surface area contributed by atoms with Crippen LogP contribution in [0.1, 0.15) is 36.4 Å². The summed E-state index contributed by atoms with van der Waals surface area (Å²) < 4.78 is 7.84. The van der Waals surface area contributed by atoms with Crippen LogP contribution < -0.4 is 10.1 Å². The van der Waals surface area contributed by atoms with Crippen molar-refractivity contribution in [3.05, 3.63) is 65.0 Å². The average Bonchev–Trinajstić information content (AvgIpc) is 3.12. The second kappa shape index (κ2) is 10.3. The Morgan fingerprint density at radius 3 is 2.40 bits per heavy atom. The number of thioether (sulfide) groups is 1. The molecule has 0 radical (unpaired) electrons. The van der Waals surface area contributed by atoms with Gasteiger partial charge in [-0.3, -0.25) is 4.79 Å². The van der Waals surface area contributed by atoms with Gasteiger partial charge in [0.05, 0.1) is 5.75 Å². The average molecular weight is 425 g/mol. The van der Waals surface area contributed by atoms with Gasteiger partial charge in [-0.25, -0.2) is 0 Å². The topological polar surface area (TPSA) is 69.0 Å². The smallest absolute Gasteiger partial charge is 0.234 e. The summed E-state index contributed by atoms with van der Waals surface area (Å²) in [7, 11) is 0. The Balaban J connectivity index is 1.57. The minimum Gasteiger partial charge on any atom is -0.486 e. The molecule has 2 aromatic carbocycles. The number of carbonyl (C=O) groups is 1. The first kappa shape index (κ1) is 21.9. The molecule has 0 aliphatic carbocycles. The summed E-state index contributed by atoms with van der Waals surface area (Å²) in [5.41, 5.74) is 4.34. The van der Waals surface area contributed by atoms with E-state index in [1.54, 1.807) is 0 Å². The number of hydrogen-bond acceptors (Lipinski definition) is 5. The van der Waals surface area contributed by atoms with Gasteiger partial charge >= 0.3 is 0 Å². The highest BCUT2D eigenvalue weighted by Crippen LogP contribution is 2.20. The van der Waals surface area contributed by atoms with Crippen molar-refractivity contribution >= 4 is 23.4 Å². The van der Waals surface area contributed by atoms with E-state index in [9.17, 15) is 4.79 Å². The number of nitrogens with one attached hydrogen (secondary N) is 1. The predicted molar refractivity (Wildman–Crippen MR) is 121 cm³/mol. The number of nitrogens with zero attached hydrogens (tertiary/aromatic N) is 3. The molecule has 158 valence electrons. The molecule has 7 heteroatoms. The molecule has 1 aromatic heterocycles. The fourth-order valence-electron chi connectivity index (χ4n) is 3.19. The molecule has 1 heterocycles. The van der Waals surface area contributed by atoms with Crippen LogP contribution in [0.5, 0.6) is 5.75 Å². The van der Waals surface area contributed by atoms with Crippen LogP contribution in [0.25, 0.3) is 0 Å². The summed E-state index contributed by atoms with van der Waals surface area (Å²) in [5, 5.41) is 12.2. The number of anilines is 1. The van der Waals surface area contributed by atoms with Crippen LogP contribution in [0.2, 0.25) is 0 Å². The lowest BCUT2D eigenvalue weighted by molar-refractivity contribution is -0.113. The molecular weight excluding hydrogens is 396 g/mol. The van der Waals surface area contributed by atoms with E-state index in [2.05, 4.69) is 40.6 Å². The number of aromatic nitrogens is 3. The molecule has 0 saturated heterocycles. The second-order valence-electron chi connectivity index (χ2n) is 7.14. The van der Waals surface area contributed by atoms with Crippen LogP contribution in [-0.2, 0) is 24.4 Å². The third kappa shape index (κ3) is 5.86. The van der Waals surface area contributed by atoms with E-state index in [-0.39, 0.29) is 11.7 Å². The Labute approximate surface area is 182 Å². The number of benzene rings is 2. The van der Waals surface area contributed by atoms with Gasteiger partial charge in [0.25, 0.3) is 0 Å². The van der Waals surface area contributed by atoms with Crippen molar-refractivity contribution in [1.82, 2.24) is 14.8 Å². The molecule has 1 amide bonds. The van der Waals surface area contributed by atoms with Gasteiger partial charge in [-0.15, -0.1) is 10.2 Å². The van der Waals surface area contributed by atoms with Gasteiger partial charge in [-0.05, 0) is 68.1 Å². The summed E-state index contributed by atoms with van der Waals surface area (Å²) in [6.07, 6.45) is 1.00. The first-order chi connectivity index (χ1) is 14.5. The maximum absolute atomic E-state index is 12.4. The van der Waals surface area contributed by atoms with E-state index < -0.39 is 0 Å². The second-order valence-corrected chi connectivity index (χ2v) is 8.08. The van der Waals surface area contributed by atoms with Crippen LogP contribution in [0, 0.1) is 13.8 Å². The molecule has 0 spiro atoms. The van der Waals surface area contributed by atoms with Crippen molar-refractivity contribution in [3.63, 3.8) is 0 Å². The number of carbonyl (C=O) groups excluding carboxylic acids is 1. The maximum atomic E-state index is 12.4. The third-order valence-electron chi connectivity index (χ3n) is 4.65. The maximum Gasteiger partial charge on any atom is 0.234 e. The molecule has 1 N–H and O–H groups in total. The highest BCUT2D eigenvalue weighted by molar-refractivity contribution is 7.99. The van der Waals surface area contributed by atoms with Gasteiger partial charge in [0.15, 0.2) is 11.0 Å². The van der Waals surface area contributed by atoms with Crippen LogP contribution >= 0.6 is 11.8 Å². The van der Waals surface area contributed by atoms with Crippen LogP contribution in [-0.4, -0.2) is 26.4 Å². The third-order valence-corrected chi connectivity index (χ3v) is 5.61. The van der Waals surface area contributed by atoms with Crippen molar-refractivity contribution in [2.45, 2.75) is 52.4 Å². The standard InChI is InChI=1S/C23H28N4O2S/c1-5-18-7-9-20(10-8-18)29-14-21-25-26-23(27(21)6-2)30-15-22(28)24-19-12-16(3)11-17(4)13-19/h7-13H,5-6,14-15H2,1-4H3,(H,24,28). The summed E-state index contributed by atoms with van der Waals surface area (Å²) in [6, 6.07) is 14.1. The van der Waals surface area contributed by atoms with Gasteiger partial charge < -0.3 is 14.6 Å². The highest BCUT2D eigenvalue weighted by atomic mass is 32.2. The van der Waals surface area contributed by atoms with E-state index in [1.807, 2.05) is 49.6 Å². The quantitative estimate of drug-likeness (QED) is 0.500. The number of aryl methyl sites for hydroxylation is 3. The largest absolute Gasteiger partial charge is 0.486 e. The minimum absolute atomic E-state index is 0.0653. The zero-order chi connectivity index (χ0) is 21.5. The molecule has 3 rings (SSSR count). The van der Waals surface area contributed by atoms with Gasteiger partial charge in [0.2, 0.25) is 5.91 Å². The number of amides is 1. The normalized spacial score (nSPS) is 10.8. The van der Waals surface area contributed by atoms with Crippen molar-refractivity contribution in [2.24, 2.45) is 0 Å². The summed E-state index contributed by atoms with van der Waals surface area (Å²) in [5.74, 6) is 1.75. The Bertz CT molecular complexity index is 979. The van der Waals surface area contributed by atoms with E-state index in [0.717, 1.165) is 34.8 Å². The van der Waals surface area contributed by atoms with E-state index in [1.165, 1.54) is 17.3 Å². The van der Waals surface area contributed by atoms with Crippen molar-refractivity contribution < 1.29 is 9.53 Å². The molecule has 0 atom stereocenters. The molecule has 0 bridgehead atoms. The first-order valence-corrected chi connectivity index (χ1v) is 11.1. The van der Waals surface area contributed by atoms with Gasteiger partial charge in [-0.1, -0.05) is 36.9 Å². The van der Waals surface area contributed by atoms with E-state index >= 15 is 0 Å². The molecule has 0 fully saturated rings. The summed E-state index contributed by atoms with van der Waals surface area (Å²) >= 11 is 1.38. The molecule has 6 nitrogen and oxygen atoms in total. The number of hydrogen-bond donors (Lipinski definition) is 1. The Morgan fingerprint density at radius 1 is 1.07 bits per heavy atom. The molecule has 30 heavy (non-hydrogen) atoms. The summed E-state index contributed by atoms with van der Waals surface area (Å²) in [4.78, 5) is 12.4. The van der Waals surface area contributed by atoms with Crippen LogP contribution in [0.3, 0.4) is 0 Å². The Kier molecular flexibility index (Phi) is 7.52. The lowest BCUT2D eigenvalue weighted by Crippen LogP contribution is -2.15. The number of rotatable bonds is 9. The lowest BCUT2D eigenvalue weighted by atomic mass is 10.1. The fourth-order valence-corrected chi connectivity index (χ4v) is 4.01. The van der Waals surface area contributed by atoms with Gasteiger partial charge in [-0.2, -0.15) is 0 Å². The molecule has 0 aliphatic rings. The predicted octanol–water partition coefficient (Wildman–Crippen LogP) is 4.79. The molecule has 3 aromatic rings. The van der Waals surface area contributed by atoms with Crippen molar-refractivity contribution in [1.29, 1.82) is 0 Å². The highest BCUT2D eigenvalue weighted by Gasteiger charge is 2.14. The fraction of sp³-hybridized carbons (Fsp3) is 0.348. The van der Waals surface area contributed by atoms with Crippen LogP contribution in [0.4, 0.5) is 5.69 Å². The van der Waals surface area contributed by atoms with Gasteiger partial charge in [0.1, 0.15) is 12.4 Å². The van der Waals surface area contributed by atoms with Gasteiger partial charge in [0, 0.05) is 12.2 Å².